The van der Waals surface area contributed by atoms with Crippen molar-refractivity contribution in [3.8, 4) is 0 Å². The Morgan fingerprint density at radius 1 is 0.700 bits per heavy atom. The first-order chi connectivity index (χ1) is 14.8. The van der Waals surface area contributed by atoms with Crippen LogP contribution in [0.15, 0.2) is 97.3 Å². The van der Waals surface area contributed by atoms with Gasteiger partial charge in [-0.05, 0) is 29.8 Å². The van der Waals surface area contributed by atoms with Crippen LogP contribution in [0.25, 0.3) is 0 Å². The van der Waals surface area contributed by atoms with E-state index in [1.54, 1.807) is 4.90 Å². The molecule has 0 saturated carbocycles. The van der Waals surface area contributed by atoms with Crippen LogP contribution in [0.5, 0.6) is 0 Å². The molecule has 5 heteroatoms. The molecular weight excluding hydrogens is 372 g/mol. The van der Waals surface area contributed by atoms with E-state index in [2.05, 4.69) is 16.7 Å². The highest BCUT2D eigenvalue weighted by atomic mass is 16.2. The zero-order valence-corrected chi connectivity index (χ0v) is 16.6. The number of amides is 2. The molecule has 0 spiro atoms. The fourth-order valence-corrected chi connectivity index (χ4v) is 3.88. The van der Waals surface area contributed by atoms with Crippen LogP contribution in [0.3, 0.4) is 0 Å². The number of hydrogen-bond donors (Lipinski definition) is 0. The molecule has 4 aromatic rings. The number of carbonyl (C=O) groups is 1. The fraction of sp³-hybridized carbons (Fsp3) is 0.120. The summed E-state index contributed by atoms with van der Waals surface area (Å²) in [6.07, 6.45) is 1.89. The Balaban J connectivity index is 1.58. The highest BCUT2D eigenvalue weighted by Gasteiger charge is 2.31. The fourth-order valence-electron chi connectivity index (χ4n) is 3.88. The van der Waals surface area contributed by atoms with Gasteiger partial charge in [0.2, 0.25) is 0 Å². The molecule has 0 aliphatic carbocycles. The molecule has 2 amide bonds. The standard InChI is InChI=1S/C25H22N4O/c30-25-28(21-12-6-2-7-13-21)17-23-24(18-29(25)22-14-8-3-9-15-22)27(19-26-23)16-20-10-4-1-5-11-20/h1-15,19H,16-18H2. The molecule has 0 N–H and O–H groups in total. The molecule has 0 atom stereocenters. The molecule has 1 aliphatic rings. The molecule has 30 heavy (non-hydrogen) atoms. The summed E-state index contributed by atoms with van der Waals surface area (Å²) in [5, 5.41) is 0. The molecular formula is C25H22N4O. The third-order valence-corrected chi connectivity index (χ3v) is 5.44. The van der Waals surface area contributed by atoms with Crippen LogP contribution in [0.2, 0.25) is 0 Å². The van der Waals surface area contributed by atoms with E-state index in [0.29, 0.717) is 13.1 Å². The Bertz CT molecular complexity index is 1140. The summed E-state index contributed by atoms with van der Waals surface area (Å²) >= 11 is 0. The molecule has 0 bridgehead atoms. The van der Waals surface area contributed by atoms with Gasteiger partial charge in [-0.25, -0.2) is 9.78 Å². The van der Waals surface area contributed by atoms with Gasteiger partial charge < -0.3 is 4.57 Å². The number of para-hydroxylation sites is 2. The number of fused-ring (bicyclic) bond motifs is 1. The van der Waals surface area contributed by atoms with Crippen molar-refractivity contribution >= 4 is 17.4 Å². The van der Waals surface area contributed by atoms with Gasteiger partial charge >= 0.3 is 6.03 Å². The topological polar surface area (TPSA) is 41.4 Å². The highest BCUT2D eigenvalue weighted by molar-refractivity contribution is 6.03. The summed E-state index contributed by atoms with van der Waals surface area (Å²) in [5.41, 5.74) is 4.95. The van der Waals surface area contributed by atoms with E-state index < -0.39 is 0 Å². The lowest BCUT2D eigenvalue weighted by Gasteiger charge is -2.28. The monoisotopic (exact) mass is 394 g/mol. The van der Waals surface area contributed by atoms with E-state index in [0.717, 1.165) is 29.3 Å². The highest BCUT2D eigenvalue weighted by Crippen LogP contribution is 2.29. The average Bonchev–Trinajstić information content (AvgIpc) is 3.10. The Morgan fingerprint density at radius 3 is 1.83 bits per heavy atom. The van der Waals surface area contributed by atoms with E-state index in [4.69, 9.17) is 4.98 Å². The van der Waals surface area contributed by atoms with Crippen molar-refractivity contribution < 1.29 is 4.79 Å². The summed E-state index contributed by atoms with van der Waals surface area (Å²) < 4.78 is 2.16. The Morgan fingerprint density at radius 2 is 1.23 bits per heavy atom. The molecule has 0 radical (unpaired) electrons. The van der Waals surface area contributed by atoms with E-state index in [9.17, 15) is 4.79 Å². The molecule has 5 rings (SSSR count). The Kier molecular flexibility index (Phi) is 4.77. The van der Waals surface area contributed by atoms with Crippen molar-refractivity contribution in [3.05, 3.63) is 114 Å². The zero-order valence-electron chi connectivity index (χ0n) is 16.6. The van der Waals surface area contributed by atoms with Crippen LogP contribution < -0.4 is 9.80 Å². The van der Waals surface area contributed by atoms with Crippen LogP contribution in [-0.4, -0.2) is 15.6 Å². The molecule has 0 unspecified atom stereocenters. The second-order valence-electron chi connectivity index (χ2n) is 7.38. The van der Waals surface area contributed by atoms with Gasteiger partial charge in [-0.2, -0.15) is 0 Å². The molecule has 2 heterocycles. The van der Waals surface area contributed by atoms with E-state index in [1.165, 1.54) is 5.56 Å². The Hall–Kier alpha value is -3.86. The van der Waals surface area contributed by atoms with Crippen molar-refractivity contribution in [1.82, 2.24) is 9.55 Å². The van der Waals surface area contributed by atoms with E-state index >= 15 is 0 Å². The maximum absolute atomic E-state index is 13.6. The Labute approximate surface area is 175 Å². The van der Waals surface area contributed by atoms with Crippen molar-refractivity contribution in [2.45, 2.75) is 19.6 Å². The smallest absolute Gasteiger partial charge is 0.328 e. The SMILES string of the molecule is O=C1N(c2ccccc2)Cc2ncn(Cc3ccccc3)c2CN1c1ccccc1. The number of carbonyl (C=O) groups excluding carboxylic acids is 1. The largest absolute Gasteiger partial charge is 0.329 e. The van der Waals surface area contributed by atoms with E-state index in [-0.39, 0.29) is 6.03 Å². The zero-order chi connectivity index (χ0) is 20.3. The predicted molar refractivity (Wildman–Crippen MR) is 118 cm³/mol. The second-order valence-corrected chi connectivity index (χ2v) is 7.38. The minimum absolute atomic E-state index is 0.0448. The van der Waals surface area contributed by atoms with E-state index in [1.807, 2.05) is 90.1 Å². The number of nitrogens with zero attached hydrogens (tertiary/aromatic N) is 4. The number of hydrogen-bond acceptors (Lipinski definition) is 2. The summed E-state index contributed by atoms with van der Waals surface area (Å²) in [4.78, 5) is 21.9. The van der Waals surface area contributed by atoms with Crippen molar-refractivity contribution in [2.75, 3.05) is 9.80 Å². The third kappa shape index (κ3) is 3.46. The van der Waals surface area contributed by atoms with Crippen LogP contribution in [-0.2, 0) is 19.6 Å². The first-order valence-corrected chi connectivity index (χ1v) is 10.1. The van der Waals surface area contributed by atoms with Crippen molar-refractivity contribution in [1.29, 1.82) is 0 Å². The minimum atomic E-state index is -0.0448. The number of aromatic nitrogens is 2. The van der Waals surface area contributed by atoms with Gasteiger partial charge in [-0.15, -0.1) is 0 Å². The molecule has 1 aliphatic heterocycles. The lowest BCUT2D eigenvalue weighted by atomic mass is 10.2. The molecule has 3 aromatic carbocycles. The minimum Gasteiger partial charge on any atom is -0.328 e. The van der Waals surface area contributed by atoms with Gasteiger partial charge in [0, 0.05) is 17.9 Å². The third-order valence-electron chi connectivity index (χ3n) is 5.44. The molecule has 148 valence electrons. The molecule has 1 aromatic heterocycles. The molecule has 5 nitrogen and oxygen atoms in total. The second kappa shape index (κ2) is 7.87. The van der Waals surface area contributed by atoms with Crippen molar-refractivity contribution in [3.63, 3.8) is 0 Å². The normalized spacial score (nSPS) is 13.8. The quantitative estimate of drug-likeness (QED) is 0.484. The number of benzene rings is 3. The van der Waals surface area contributed by atoms with Crippen molar-refractivity contribution in [2.24, 2.45) is 0 Å². The van der Waals surface area contributed by atoms with Crippen LogP contribution in [0.4, 0.5) is 16.2 Å². The summed E-state index contributed by atoms with van der Waals surface area (Å²) in [6, 6.07) is 29.9. The van der Waals surface area contributed by atoms with Gasteiger partial charge in [0.05, 0.1) is 30.8 Å². The predicted octanol–water partition coefficient (Wildman–Crippen LogP) is 5.08. The summed E-state index contributed by atoms with van der Waals surface area (Å²) in [7, 11) is 0. The van der Waals surface area contributed by atoms with Gasteiger partial charge in [0.1, 0.15) is 0 Å². The van der Waals surface area contributed by atoms with Crippen LogP contribution in [0.1, 0.15) is 17.0 Å². The van der Waals surface area contributed by atoms with Crippen LogP contribution in [0, 0.1) is 0 Å². The number of imidazole rings is 1. The summed E-state index contributed by atoms with van der Waals surface area (Å²) in [6.45, 7) is 1.66. The number of rotatable bonds is 4. The molecule has 0 fully saturated rings. The van der Waals surface area contributed by atoms with Gasteiger partial charge in [-0.3, -0.25) is 9.80 Å². The number of anilines is 2. The first-order valence-electron chi connectivity index (χ1n) is 10.1. The lowest BCUT2D eigenvalue weighted by Crippen LogP contribution is -2.41. The number of urea groups is 1. The lowest BCUT2D eigenvalue weighted by molar-refractivity contribution is 0.251. The maximum Gasteiger partial charge on any atom is 0.329 e. The van der Waals surface area contributed by atoms with Gasteiger partial charge in [0.15, 0.2) is 0 Å². The van der Waals surface area contributed by atoms with Crippen LogP contribution >= 0.6 is 0 Å². The summed E-state index contributed by atoms with van der Waals surface area (Å²) in [5.74, 6) is 0. The molecule has 0 saturated heterocycles. The van der Waals surface area contributed by atoms with Gasteiger partial charge in [0.25, 0.3) is 0 Å². The van der Waals surface area contributed by atoms with Gasteiger partial charge in [-0.1, -0.05) is 66.7 Å². The average molecular weight is 394 g/mol. The first kappa shape index (κ1) is 18.2. The maximum atomic E-state index is 13.6.